The lowest BCUT2D eigenvalue weighted by molar-refractivity contribution is -0.136. The number of para-hydroxylation sites is 1. The predicted molar refractivity (Wildman–Crippen MR) is 87.5 cm³/mol. The molecule has 1 heterocycles. The van der Waals surface area contributed by atoms with Crippen molar-refractivity contribution in [3.05, 3.63) is 46.7 Å². The van der Waals surface area contributed by atoms with Crippen LogP contribution in [-0.4, -0.2) is 21.6 Å². The molecule has 0 radical (unpaired) electrons. The summed E-state index contributed by atoms with van der Waals surface area (Å²) in [7, 11) is 0. The Hall–Kier alpha value is -1.80. The Kier molecular flexibility index (Phi) is 6.06. The number of alkyl halides is 3. The summed E-state index contributed by atoms with van der Waals surface area (Å²) in [6.45, 7) is 1.98. The van der Waals surface area contributed by atoms with Gasteiger partial charge < -0.3 is 5.32 Å². The highest BCUT2D eigenvalue weighted by atomic mass is 35.5. The Balaban J connectivity index is 2.28. The maximum atomic E-state index is 13.0. The summed E-state index contributed by atoms with van der Waals surface area (Å²) in [5.41, 5.74) is -1.46. The molecule has 1 aromatic carbocycles. The SMILES string of the molecule is CCCSc1ncc(Cl)c(C(=O)Nc2ccccc2C(F)(F)F)n1. The van der Waals surface area contributed by atoms with Crippen LogP contribution in [0.1, 0.15) is 29.4 Å². The van der Waals surface area contributed by atoms with Crippen molar-refractivity contribution >= 4 is 35.0 Å². The Morgan fingerprint density at radius 1 is 1.33 bits per heavy atom. The normalized spacial score (nSPS) is 11.4. The van der Waals surface area contributed by atoms with E-state index < -0.39 is 17.6 Å². The number of carbonyl (C=O) groups is 1. The molecule has 24 heavy (non-hydrogen) atoms. The van der Waals surface area contributed by atoms with Crippen LogP contribution in [0.15, 0.2) is 35.6 Å². The van der Waals surface area contributed by atoms with E-state index >= 15 is 0 Å². The van der Waals surface area contributed by atoms with E-state index in [0.29, 0.717) is 5.16 Å². The molecule has 2 rings (SSSR count). The topological polar surface area (TPSA) is 54.9 Å². The first kappa shape index (κ1) is 18.5. The van der Waals surface area contributed by atoms with Crippen molar-refractivity contribution in [1.29, 1.82) is 0 Å². The predicted octanol–water partition coefficient (Wildman–Crippen LogP) is 4.90. The summed E-state index contributed by atoms with van der Waals surface area (Å²) in [6, 6.07) is 4.70. The highest BCUT2D eigenvalue weighted by molar-refractivity contribution is 7.99. The van der Waals surface area contributed by atoms with Gasteiger partial charge in [0.15, 0.2) is 10.9 Å². The minimum Gasteiger partial charge on any atom is -0.320 e. The fraction of sp³-hybridized carbons (Fsp3) is 0.267. The van der Waals surface area contributed by atoms with Crippen molar-refractivity contribution in [2.75, 3.05) is 11.1 Å². The van der Waals surface area contributed by atoms with E-state index in [1.54, 1.807) is 0 Å². The summed E-state index contributed by atoms with van der Waals surface area (Å²) >= 11 is 7.24. The molecule has 1 aromatic heterocycles. The van der Waals surface area contributed by atoms with Gasteiger partial charge in [0.25, 0.3) is 5.91 Å². The average Bonchev–Trinajstić information content (AvgIpc) is 2.53. The molecule has 1 N–H and O–H groups in total. The van der Waals surface area contributed by atoms with Crippen molar-refractivity contribution in [1.82, 2.24) is 9.97 Å². The molecule has 0 aliphatic carbocycles. The highest BCUT2D eigenvalue weighted by Crippen LogP contribution is 2.34. The van der Waals surface area contributed by atoms with E-state index in [0.717, 1.165) is 18.2 Å². The van der Waals surface area contributed by atoms with Gasteiger partial charge in [0.2, 0.25) is 0 Å². The summed E-state index contributed by atoms with van der Waals surface area (Å²) in [6.07, 6.45) is -2.43. The first-order valence-corrected chi connectivity index (χ1v) is 8.32. The Bertz CT molecular complexity index is 740. The highest BCUT2D eigenvalue weighted by Gasteiger charge is 2.33. The van der Waals surface area contributed by atoms with Gasteiger partial charge in [-0.05, 0) is 18.6 Å². The van der Waals surface area contributed by atoms with Crippen LogP contribution in [0.5, 0.6) is 0 Å². The zero-order valence-electron chi connectivity index (χ0n) is 12.5. The lowest BCUT2D eigenvalue weighted by Crippen LogP contribution is -2.18. The summed E-state index contributed by atoms with van der Waals surface area (Å²) < 4.78 is 38.9. The molecule has 0 saturated heterocycles. The molecule has 0 aliphatic rings. The van der Waals surface area contributed by atoms with Gasteiger partial charge >= 0.3 is 6.18 Å². The quantitative estimate of drug-likeness (QED) is 0.596. The number of nitrogens with zero attached hydrogens (tertiary/aromatic N) is 2. The smallest absolute Gasteiger partial charge is 0.320 e. The van der Waals surface area contributed by atoms with Crippen LogP contribution in [0.2, 0.25) is 5.02 Å². The van der Waals surface area contributed by atoms with Gasteiger partial charge in [0.05, 0.1) is 22.5 Å². The lowest BCUT2D eigenvalue weighted by Gasteiger charge is -2.13. The van der Waals surface area contributed by atoms with Gasteiger partial charge in [-0.15, -0.1) is 0 Å². The zero-order chi connectivity index (χ0) is 17.7. The monoisotopic (exact) mass is 375 g/mol. The molecule has 0 aliphatic heterocycles. The Morgan fingerprint density at radius 2 is 2.04 bits per heavy atom. The minimum atomic E-state index is -4.58. The fourth-order valence-electron chi connectivity index (χ4n) is 1.79. The molecule has 9 heteroatoms. The second kappa shape index (κ2) is 7.85. The van der Waals surface area contributed by atoms with Crippen molar-refractivity contribution in [3.8, 4) is 0 Å². The third-order valence-corrected chi connectivity index (χ3v) is 4.20. The maximum absolute atomic E-state index is 13.0. The molecule has 0 bridgehead atoms. The van der Waals surface area contributed by atoms with Crippen LogP contribution in [-0.2, 0) is 6.18 Å². The van der Waals surface area contributed by atoms with Crippen LogP contribution in [0.25, 0.3) is 0 Å². The van der Waals surface area contributed by atoms with Crippen LogP contribution in [0.4, 0.5) is 18.9 Å². The number of nitrogens with one attached hydrogen (secondary N) is 1. The first-order chi connectivity index (χ1) is 11.3. The standard InChI is InChI=1S/C15H13ClF3N3OS/c1-2-7-24-14-20-8-10(16)12(22-14)13(23)21-11-6-4-3-5-9(11)15(17,18)19/h3-6,8H,2,7H2,1H3,(H,21,23). The molecule has 128 valence electrons. The number of benzene rings is 1. The van der Waals surface area contributed by atoms with E-state index in [4.69, 9.17) is 11.6 Å². The molecular weight excluding hydrogens is 363 g/mol. The maximum Gasteiger partial charge on any atom is 0.418 e. The first-order valence-electron chi connectivity index (χ1n) is 6.96. The fourth-order valence-corrected chi connectivity index (χ4v) is 2.64. The number of anilines is 1. The number of rotatable bonds is 5. The molecule has 1 amide bonds. The summed E-state index contributed by atoms with van der Waals surface area (Å²) in [4.78, 5) is 20.3. The van der Waals surface area contributed by atoms with Crippen molar-refractivity contribution in [2.45, 2.75) is 24.7 Å². The van der Waals surface area contributed by atoms with E-state index in [1.165, 1.54) is 36.2 Å². The molecular formula is C15H13ClF3N3OS. The van der Waals surface area contributed by atoms with E-state index in [2.05, 4.69) is 15.3 Å². The van der Waals surface area contributed by atoms with Crippen LogP contribution in [0, 0.1) is 0 Å². The van der Waals surface area contributed by atoms with Gasteiger partial charge in [-0.1, -0.05) is 42.4 Å². The van der Waals surface area contributed by atoms with Crippen molar-refractivity contribution < 1.29 is 18.0 Å². The van der Waals surface area contributed by atoms with Crippen LogP contribution < -0.4 is 5.32 Å². The number of halogens is 4. The number of carbonyl (C=O) groups excluding carboxylic acids is 1. The summed E-state index contributed by atoms with van der Waals surface area (Å²) in [5.74, 6) is -0.0722. The molecule has 0 fully saturated rings. The second-order valence-corrected chi connectivity index (χ2v) is 6.16. The van der Waals surface area contributed by atoms with Crippen LogP contribution in [0.3, 0.4) is 0 Å². The zero-order valence-corrected chi connectivity index (χ0v) is 14.1. The van der Waals surface area contributed by atoms with Gasteiger partial charge in [0.1, 0.15) is 0 Å². The van der Waals surface area contributed by atoms with Gasteiger partial charge in [-0.25, -0.2) is 9.97 Å². The van der Waals surface area contributed by atoms with E-state index in [-0.39, 0.29) is 16.4 Å². The molecule has 0 atom stereocenters. The van der Waals surface area contributed by atoms with Crippen molar-refractivity contribution in [3.63, 3.8) is 0 Å². The van der Waals surface area contributed by atoms with Crippen molar-refractivity contribution in [2.24, 2.45) is 0 Å². The largest absolute Gasteiger partial charge is 0.418 e. The molecule has 2 aromatic rings. The van der Waals surface area contributed by atoms with E-state index in [1.807, 2.05) is 6.92 Å². The molecule has 4 nitrogen and oxygen atoms in total. The Morgan fingerprint density at radius 3 is 2.71 bits per heavy atom. The average molecular weight is 376 g/mol. The second-order valence-electron chi connectivity index (χ2n) is 4.70. The third kappa shape index (κ3) is 4.61. The lowest BCUT2D eigenvalue weighted by atomic mass is 10.1. The minimum absolute atomic E-state index is 0.0298. The third-order valence-electron chi connectivity index (χ3n) is 2.85. The number of aromatic nitrogens is 2. The molecule has 0 saturated carbocycles. The number of hydrogen-bond acceptors (Lipinski definition) is 4. The number of amides is 1. The van der Waals surface area contributed by atoms with E-state index in [9.17, 15) is 18.0 Å². The van der Waals surface area contributed by atoms with Gasteiger partial charge in [-0.3, -0.25) is 4.79 Å². The summed E-state index contributed by atoms with van der Waals surface area (Å²) in [5, 5.41) is 2.53. The number of thioether (sulfide) groups is 1. The van der Waals surface area contributed by atoms with Crippen LogP contribution >= 0.6 is 23.4 Å². The molecule has 0 spiro atoms. The van der Waals surface area contributed by atoms with Gasteiger partial charge in [0, 0.05) is 5.75 Å². The Labute approximate surface area is 145 Å². The number of hydrogen-bond donors (Lipinski definition) is 1. The van der Waals surface area contributed by atoms with Gasteiger partial charge in [-0.2, -0.15) is 13.2 Å². The molecule has 0 unspecified atom stereocenters.